The molecule has 0 bridgehead atoms. The van der Waals surface area contributed by atoms with E-state index in [1.54, 1.807) is 41.5 Å². The third kappa shape index (κ3) is 4.78. The van der Waals surface area contributed by atoms with Gasteiger partial charge < -0.3 is 5.21 Å². The van der Waals surface area contributed by atoms with Crippen molar-refractivity contribution < 1.29 is 13.5 Å². The number of halogens is 3. The van der Waals surface area contributed by atoms with Crippen LogP contribution in [0.15, 0.2) is 79.9 Å². The Balaban J connectivity index is 1.43. The maximum atomic E-state index is 15.3. The SMILES string of the molecule is Cc1cc(-c2cnn(C(Cn3cc(F)cn3)c3ccc(-c4c(-n5cnnn5)ccc(Cl)c4F)c[n+]3[O-])c2)ccn1. The Kier molecular flexibility index (Phi) is 6.48. The fourth-order valence-corrected chi connectivity index (χ4v) is 4.64. The third-order valence-corrected chi connectivity index (χ3v) is 6.65. The molecule has 0 aliphatic rings. The molecule has 0 saturated heterocycles. The van der Waals surface area contributed by atoms with Crippen LogP contribution in [-0.4, -0.2) is 44.8 Å². The fraction of sp³-hybridized carbons (Fsp3) is 0.115. The first-order valence-electron chi connectivity index (χ1n) is 12.0. The summed E-state index contributed by atoms with van der Waals surface area (Å²) < 4.78 is 33.9. The molecular formula is C26H19ClF2N10O. The Morgan fingerprint density at radius 1 is 1.02 bits per heavy atom. The van der Waals surface area contributed by atoms with Crippen molar-refractivity contribution in [2.45, 2.75) is 19.5 Å². The zero-order valence-corrected chi connectivity index (χ0v) is 21.6. The molecule has 1 unspecified atom stereocenters. The third-order valence-electron chi connectivity index (χ3n) is 6.36. The normalized spacial score (nSPS) is 12.1. The van der Waals surface area contributed by atoms with Crippen molar-refractivity contribution in [1.29, 1.82) is 0 Å². The standard InChI is InChI=1S/C26H19ClF2N10O/c1-16-8-17(6-7-30-16)19-9-33-37(11-19)24(14-36-13-20(28)10-32-36)22-4-2-18(12-39(22)40)25-23(38-15-31-34-35-38)5-3-21(27)26(25)29/h2-13,15,24H,14H2,1H3. The van der Waals surface area contributed by atoms with Crippen molar-refractivity contribution in [3.8, 4) is 27.9 Å². The van der Waals surface area contributed by atoms with Crippen LogP contribution in [-0.2, 0) is 6.54 Å². The van der Waals surface area contributed by atoms with Crippen LogP contribution in [0.3, 0.4) is 0 Å². The lowest BCUT2D eigenvalue weighted by Gasteiger charge is -2.18. The van der Waals surface area contributed by atoms with Crippen LogP contribution in [0.1, 0.15) is 17.4 Å². The molecule has 0 aliphatic carbocycles. The molecule has 1 aromatic carbocycles. The molecule has 0 amide bonds. The highest BCUT2D eigenvalue weighted by atomic mass is 35.5. The highest BCUT2D eigenvalue weighted by Crippen LogP contribution is 2.33. The molecule has 1 atom stereocenters. The Labute approximate surface area is 230 Å². The number of rotatable bonds is 7. The summed E-state index contributed by atoms with van der Waals surface area (Å²) in [5.74, 6) is -1.24. The van der Waals surface area contributed by atoms with Gasteiger partial charge in [-0.15, -0.1) is 5.10 Å². The minimum atomic E-state index is -0.727. The number of aryl methyl sites for hydroxylation is 1. The summed E-state index contributed by atoms with van der Waals surface area (Å²) in [6.45, 7) is 1.99. The maximum Gasteiger partial charge on any atom is 0.219 e. The van der Waals surface area contributed by atoms with Crippen LogP contribution in [0, 0.1) is 23.8 Å². The summed E-state index contributed by atoms with van der Waals surface area (Å²) in [6, 6.07) is 9.19. The number of pyridine rings is 2. The van der Waals surface area contributed by atoms with E-state index >= 15 is 4.39 Å². The first-order valence-corrected chi connectivity index (χ1v) is 12.3. The number of benzene rings is 1. The Bertz CT molecular complexity index is 1820. The summed E-state index contributed by atoms with van der Waals surface area (Å²) in [7, 11) is 0. The monoisotopic (exact) mass is 560 g/mol. The summed E-state index contributed by atoms with van der Waals surface area (Å²) >= 11 is 6.08. The Morgan fingerprint density at radius 2 is 1.90 bits per heavy atom. The minimum Gasteiger partial charge on any atom is -0.618 e. The molecule has 14 heteroatoms. The van der Waals surface area contributed by atoms with Gasteiger partial charge in [0.15, 0.2) is 23.9 Å². The summed E-state index contributed by atoms with van der Waals surface area (Å²) in [6.07, 6.45) is 10.0. The van der Waals surface area contributed by atoms with E-state index in [9.17, 15) is 9.60 Å². The van der Waals surface area contributed by atoms with Gasteiger partial charge in [-0.3, -0.25) is 14.3 Å². The minimum absolute atomic E-state index is 0.0519. The lowest BCUT2D eigenvalue weighted by Crippen LogP contribution is -2.37. The van der Waals surface area contributed by atoms with E-state index in [1.165, 1.54) is 34.2 Å². The molecule has 0 radical (unpaired) electrons. The van der Waals surface area contributed by atoms with Crippen LogP contribution in [0.25, 0.3) is 27.9 Å². The zero-order chi connectivity index (χ0) is 27.8. The molecule has 0 spiro atoms. The van der Waals surface area contributed by atoms with E-state index < -0.39 is 17.7 Å². The molecule has 6 aromatic rings. The smallest absolute Gasteiger partial charge is 0.219 e. The molecule has 0 fully saturated rings. The summed E-state index contributed by atoms with van der Waals surface area (Å²) in [4.78, 5) is 4.23. The van der Waals surface area contributed by atoms with E-state index in [-0.39, 0.29) is 28.4 Å². The van der Waals surface area contributed by atoms with Gasteiger partial charge in [0.05, 0.1) is 47.0 Å². The van der Waals surface area contributed by atoms with Gasteiger partial charge in [-0.25, -0.2) is 8.78 Å². The maximum absolute atomic E-state index is 15.3. The lowest BCUT2D eigenvalue weighted by molar-refractivity contribution is -0.615. The van der Waals surface area contributed by atoms with Crippen molar-refractivity contribution in [2.24, 2.45) is 0 Å². The van der Waals surface area contributed by atoms with E-state index in [0.29, 0.717) is 10.4 Å². The average molecular weight is 561 g/mol. The Hall–Kier alpha value is -5.04. The molecule has 0 N–H and O–H groups in total. The van der Waals surface area contributed by atoms with Crippen molar-refractivity contribution in [2.75, 3.05) is 0 Å². The average Bonchev–Trinajstić information content (AvgIpc) is 3.72. The van der Waals surface area contributed by atoms with E-state index in [4.69, 9.17) is 11.6 Å². The van der Waals surface area contributed by atoms with Crippen LogP contribution in [0.5, 0.6) is 0 Å². The molecule has 200 valence electrons. The molecule has 6 rings (SSSR count). The van der Waals surface area contributed by atoms with Crippen LogP contribution in [0.2, 0.25) is 5.02 Å². The van der Waals surface area contributed by atoms with Crippen molar-refractivity contribution >= 4 is 11.6 Å². The largest absolute Gasteiger partial charge is 0.618 e. The van der Waals surface area contributed by atoms with Gasteiger partial charge in [-0.05, 0) is 53.2 Å². The quantitative estimate of drug-likeness (QED) is 0.214. The number of nitrogens with zero attached hydrogens (tertiary/aromatic N) is 10. The van der Waals surface area contributed by atoms with Crippen LogP contribution < -0.4 is 4.73 Å². The predicted molar refractivity (Wildman–Crippen MR) is 139 cm³/mol. The summed E-state index contributed by atoms with van der Waals surface area (Å²) in [5, 5.41) is 33.0. The first-order chi connectivity index (χ1) is 19.4. The van der Waals surface area contributed by atoms with Crippen molar-refractivity contribution in [3.05, 3.63) is 113 Å². The highest BCUT2D eigenvalue weighted by Gasteiger charge is 2.27. The van der Waals surface area contributed by atoms with Gasteiger partial charge >= 0.3 is 0 Å². The second kappa shape index (κ2) is 10.3. The zero-order valence-electron chi connectivity index (χ0n) is 20.8. The first kappa shape index (κ1) is 25.2. The predicted octanol–water partition coefficient (Wildman–Crippen LogP) is 3.95. The van der Waals surface area contributed by atoms with Crippen LogP contribution in [0.4, 0.5) is 8.78 Å². The topological polar surface area (TPSA) is 119 Å². The highest BCUT2D eigenvalue weighted by molar-refractivity contribution is 6.31. The second-order valence-electron chi connectivity index (χ2n) is 8.97. The number of tetrazole rings is 1. The molecule has 11 nitrogen and oxygen atoms in total. The lowest BCUT2D eigenvalue weighted by atomic mass is 10.0. The molecule has 5 aromatic heterocycles. The van der Waals surface area contributed by atoms with E-state index in [0.717, 1.165) is 23.0 Å². The molecule has 5 heterocycles. The van der Waals surface area contributed by atoms with Gasteiger partial charge in [-0.2, -0.15) is 19.6 Å². The Morgan fingerprint density at radius 3 is 2.62 bits per heavy atom. The number of hydrogen-bond acceptors (Lipinski definition) is 7. The van der Waals surface area contributed by atoms with Gasteiger partial charge in [0.2, 0.25) is 5.69 Å². The second-order valence-corrected chi connectivity index (χ2v) is 9.38. The van der Waals surface area contributed by atoms with Crippen molar-refractivity contribution in [3.63, 3.8) is 0 Å². The van der Waals surface area contributed by atoms with Gasteiger partial charge in [0.25, 0.3) is 0 Å². The molecule has 0 aliphatic heterocycles. The number of hydrogen-bond donors (Lipinski definition) is 0. The summed E-state index contributed by atoms with van der Waals surface area (Å²) in [5.41, 5.74) is 3.43. The molecular weight excluding hydrogens is 542 g/mol. The molecule has 40 heavy (non-hydrogen) atoms. The van der Waals surface area contributed by atoms with Gasteiger partial charge in [0.1, 0.15) is 6.33 Å². The van der Waals surface area contributed by atoms with E-state index in [2.05, 4.69) is 30.7 Å². The van der Waals surface area contributed by atoms with E-state index in [1.807, 2.05) is 19.1 Å². The van der Waals surface area contributed by atoms with Gasteiger partial charge in [-0.1, -0.05) is 11.6 Å². The fourth-order valence-electron chi connectivity index (χ4n) is 4.49. The van der Waals surface area contributed by atoms with Gasteiger partial charge in [0, 0.05) is 29.7 Å². The van der Waals surface area contributed by atoms with Crippen LogP contribution >= 0.6 is 11.6 Å². The van der Waals surface area contributed by atoms with Crippen molar-refractivity contribution in [1.82, 2.24) is 44.8 Å². The number of aromatic nitrogens is 10. The molecule has 0 saturated carbocycles.